The Bertz CT molecular complexity index is 572. The molecule has 0 aliphatic heterocycles. The summed E-state index contributed by atoms with van der Waals surface area (Å²) in [4.78, 5) is 0. The van der Waals surface area contributed by atoms with Crippen molar-refractivity contribution in [2.24, 2.45) is 5.73 Å². The highest BCUT2D eigenvalue weighted by atomic mass is 19.1. The van der Waals surface area contributed by atoms with Gasteiger partial charge in [0.05, 0.1) is 6.61 Å². The summed E-state index contributed by atoms with van der Waals surface area (Å²) in [5.41, 5.74) is 7.96. The summed E-state index contributed by atoms with van der Waals surface area (Å²) in [7, 11) is 1.64. The van der Waals surface area contributed by atoms with E-state index in [4.69, 9.17) is 15.2 Å². The molecular weight excluding hydrogens is 257 g/mol. The first-order valence-electron chi connectivity index (χ1n) is 6.41. The van der Waals surface area contributed by atoms with Crippen LogP contribution in [0.1, 0.15) is 16.7 Å². The van der Waals surface area contributed by atoms with Crippen LogP contribution in [-0.4, -0.2) is 7.11 Å². The second-order valence-corrected chi connectivity index (χ2v) is 4.50. The number of hydrogen-bond acceptors (Lipinski definition) is 3. The standard InChI is InChI=1S/C16H18FNO2/c1-19-10-13-3-2-4-15(8-13)20-11-14-7-12(9-18)5-6-16(14)17/h2-8H,9-11,18H2,1H3. The zero-order valence-corrected chi connectivity index (χ0v) is 11.4. The Hall–Kier alpha value is -1.91. The number of hydrogen-bond donors (Lipinski definition) is 1. The van der Waals surface area contributed by atoms with Gasteiger partial charge in [0, 0.05) is 19.2 Å². The van der Waals surface area contributed by atoms with E-state index in [0.717, 1.165) is 11.1 Å². The van der Waals surface area contributed by atoms with Gasteiger partial charge in [-0.3, -0.25) is 0 Å². The van der Waals surface area contributed by atoms with Crippen LogP contribution in [0.4, 0.5) is 4.39 Å². The van der Waals surface area contributed by atoms with Crippen molar-refractivity contribution in [2.75, 3.05) is 7.11 Å². The number of methoxy groups -OCH3 is 1. The van der Waals surface area contributed by atoms with Crippen LogP contribution in [0, 0.1) is 5.82 Å². The van der Waals surface area contributed by atoms with Gasteiger partial charge in [-0.15, -0.1) is 0 Å². The van der Waals surface area contributed by atoms with E-state index in [1.165, 1.54) is 6.07 Å². The molecule has 0 saturated heterocycles. The zero-order valence-electron chi connectivity index (χ0n) is 11.4. The largest absolute Gasteiger partial charge is 0.489 e. The first kappa shape index (κ1) is 14.5. The fourth-order valence-corrected chi connectivity index (χ4v) is 1.92. The lowest BCUT2D eigenvalue weighted by Crippen LogP contribution is -2.03. The molecule has 0 aliphatic carbocycles. The predicted molar refractivity (Wildman–Crippen MR) is 75.8 cm³/mol. The summed E-state index contributed by atoms with van der Waals surface area (Å²) in [5.74, 6) is 0.410. The van der Waals surface area contributed by atoms with Gasteiger partial charge in [0.2, 0.25) is 0 Å². The summed E-state index contributed by atoms with van der Waals surface area (Å²) in [5, 5.41) is 0. The fourth-order valence-electron chi connectivity index (χ4n) is 1.92. The molecule has 2 aromatic rings. The maximum absolute atomic E-state index is 13.7. The van der Waals surface area contributed by atoms with Gasteiger partial charge in [0.1, 0.15) is 18.2 Å². The van der Waals surface area contributed by atoms with Crippen LogP contribution >= 0.6 is 0 Å². The highest BCUT2D eigenvalue weighted by molar-refractivity contribution is 5.29. The summed E-state index contributed by atoms with van der Waals surface area (Å²) in [6.45, 7) is 1.08. The lowest BCUT2D eigenvalue weighted by atomic mass is 10.1. The van der Waals surface area contributed by atoms with Gasteiger partial charge in [-0.1, -0.05) is 18.2 Å². The molecule has 2 aromatic carbocycles. The third-order valence-electron chi connectivity index (χ3n) is 2.95. The molecule has 2 rings (SSSR count). The van der Waals surface area contributed by atoms with Gasteiger partial charge in [-0.2, -0.15) is 0 Å². The highest BCUT2D eigenvalue weighted by Crippen LogP contribution is 2.17. The third-order valence-corrected chi connectivity index (χ3v) is 2.95. The average molecular weight is 275 g/mol. The molecule has 0 radical (unpaired) electrons. The number of ether oxygens (including phenoxy) is 2. The molecule has 0 unspecified atom stereocenters. The summed E-state index contributed by atoms with van der Waals surface area (Å²) in [6.07, 6.45) is 0. The predicted octanol–water partition coefficient (Wildman–Crippen LogP) is 3.01. The maximum atomic E-state index is 13.7. The van der Waals surface area contributed by atoms with Crippen molar-refractivity contribution in [3.63, 3.8) is 0 Å². The number of halogens is 1. The van der Waals surface area contributed by atoms with E-state index in [0.29, 0.717) is 24.5 Å². The van der Waals surface area contributed by atoms with Crippen molar-refractivity contribution in [3.05, 3.63) is 65.0 Å². The van der Waals surface area contributed by atoms with Crippen LogP contribution < -0.4 is 10.5 Å². The van der Waals surface area contributed by atoms with E-state index in [1.54, 1.807) is 19.2 Å². The topological polar surface area (TPSA) is 44.5 Å². The lowest BCUT2D eigenvalue weighted by Gasteiger charge is -2.09. The van der Waals surface area contributed by atoms with Crippen LogP contribution in [0.25, 0.3) is 0 Å². The van der Waals surface area contributed by atoms with Gasteiger partial charge in [0.15, 0.2) is 0 Å². The van der Waals surface area contributed by atoms with Gasteiger partial charge in [-0.25, -0.2) is 4.39 Å². The minimum atomic E-state index is -0.282. The number of nitrogens with two attached hydrogens (primary N) is 1. The van der Waals surface area contributed by atoms with E-state index in [-0.39, 0.29) is 12.4 Å². The molecule has 0 fully saturated rings. The van der Waals surface area contributed by atoms with Crippen LogP contribution in [0.5, 0.6) is 5.75 Å². The van der Waals surface area contributed by atoms with E-state index < -0.39 is 0 Å². The minimum absolute atomic E-state index is 0.177. The van der Waals surface area contributed by atoms with Crippen molar-refractivity contribution in [2.45, 2.75) is 19.8 Å². The van der Waals surface area contributed by atoms with E-state index in [1.807, 2.05) is 24.3 Å². The van der Waals surface area contributed by atoms with Crippen LogP contribution in [-0.2, 0) is 24.5 Å². The van der Waals surface area contributed by atoms with Crippen molar-refractivity contribution in [1.29, 1.82) is 0 Å². The summed E-state index contributed by atoms with van der Waals surface area (Å²) >= 11 is 0. The molecule has 0 spiro atoms. The second-order valence-electron chi connectivity index (χ2n) is 4.50. The highest BCUT2D eigenvalue weighted by Gasteiger charge is 2.05. The Labute approximate surface area is 118 Å². The molecule has 0 saturated carbocycles. The first-order valence-corrected chi connectivity index (χ1v) is 6.41. The van der Waals surface area contributed by atoms with Crippen molar-refractivity contribution in [1.82, 2.24) is 0 Å². The molecule has 2 N–H and O–H groups in total. The third kappa shape index (κ3) is 3.79. The Kier molecular flexibility index (Phi) is 5.09. The normalized spacial score (nSPS) is 10.6. The molecule has 3 nitrogen and oxygen atoms in total. The van der Waals surface area contributed by atoms with Gasteiger partial charge < -0.3 is 15.2 Å². The van der Waals surface area contributed by atoms with Gasteiger partial charge in [-0.05, 0) is 35.4 Å². The second kappa shape index (κ2) is 7.03. The van der Waals surface area contributed by atoms with E-state index >= 15 is 0 Å². The molecule has 106 valence electrons. The van der Waals surface area contributed by atoms with Gasteiger partial charge >= 0.3 is 0 Å². The molecule has 0 aromatic heterocycles. The van der Waals surface area contributed by atoms with Crippen molar-refractivity contribution < 1.29 is 13.9 Å². The Balaban J connectivity index is 2.06. The number of rotatable bonds is 6. The molecular formula is C16H18FNO2. The Morgan fingerprint density at radius 3 is 2.65 bits per heavy atom. The van der Waals surface area contributed by atoms with E-state index in [9.17, 15) is 4.39 Å². The SMILES string of the molecule is COCc1cccc(OCc2cc(CN)ccc2F)c1. The van der Waals surface area contributed by atoms with Crippen LogP contribution in [0.2, 0.25) is 0 Å². The molecule has 4 heteroatoms. The van der Waals surface area contributed by atoms with E-state index in [2.05, 4.69) is 0 Å². The minimum Gasteiger partial charge on any atom is -0.489 e. The molecule has 20 heavy (non-hydrogen) atoms. The average Bonchev–Trinajstić information content (AvgIpc) is 2.47. The monoisotopic (exact) mass is 275 g/mol. The van der Waals surface area contributed by atoms with Crippen molar-refractivity contribution in [3.8, 4) is 5.75 Å². The first-order chi connectivity index (χ1) is 9.72. The lowest BCUT2D eigenvalue weighted by molar-refractivity contribution is 0.184. The maximum Gasteiger partial charge on any atom is 0.129 e. The number of benzene rings is 2. The molecule has 0 atom stereocenters. The molecule has 0 aliphatic rings. The van der Waals surface area contributed by atoms with Crippen LogP contribution in [0.15, 0.2) is 42.5 Å². The molecule has 0 bridgehead atoms. The van der Waals surface area contributed by atoms with Crippen LogP contribution in [0.3, 0.4) is 0 Å². The molecule has 0 amide bonds. The Morgan fingerprint density at radius 1 is 1.05 bits per heavy atom. The molecule has 0 heterocycles. The smallest absolute Gasteiger partial charge is 0.129 e. The summed E-state index contributed by atoms with van der Waals surface area (Å²) < 4.78 is 24.4. The van der Waals surface area contributed by atoms with Gasteiger partial charge in [0.25, 0.3) is 0 Å². The summed E-state index contributed by atoms with van der Waals surface area (Å²) in [6, 6.07) is 12.4. The fraction of sp³-hybridized carbons (Fsp3) is 0.250. The Morgan fingerprint density at radius 2 is 1.90 bits per heavy atom. The zero-order chi connectivity index (χ0) is 14.4. The van der Waals surface area contributed by atoms with Crippen molar-refractivity contribution >= 4 is 0 Å². The quantitative estimate of drug-likeness (QED) is 0.881.